The van der Waals surface area contributed by atoms with Crippen molar-refractivity contribution in [2.75, 3.05) is 13.2 Å². The van der Waals surface area contributed by atoms with Crippen molar-refractivity contribution in [1.82, 2.24) is 0 Å². The van der Waals surface area contributed by atoms with Gasteiger partial charge in [0.05, 0.1) is 24.9 Å². The Kier molecular flexibility index (Phi) is 6.68. The van der Waals surface area contributed by atoms with E-state index in [4.69, 9.17) is 23.7 Å². The quantitative estimate of drug-likeness (QED) is 0.174. The molecule has 190 valence electrons. The normalized spacial score (nSPS) is 43.9. The largest absolute Gasteiger partial charge is 0.472 e. The van der Waals surface area contributed by atoms with Crippen LogP contribution in [0.1, 0.15) is 5.56 Å². The van der Waals surface area contributed by atoms with Crippen LogP contribution in [0.15, 0.2) is 48.7 Å². The summed E-state index contributed by atoms with van der Waals surface area (Å²) in [5.74, 6) is -1.67. The minimum absolute atomic E-state index is 0.167. The van der Waals surface area contributed by atoms with Crippen molar-refractivity contribution in [1.29, 1.82) is 0 Å². The Morgan fingerprint density at radius 1 is 1.03 bits per heavy atom. The van der Waals surface area contributed by atoms with Gasteiger partial charge in [-0.05, 0) is 17.7 Å². The van der Waals surface area contributed by atoms with Crippen LogP contribution in [-0.2, 0) is 28.5 Å². The molecule has 3 heterocycles. The molecule has 0 spiro atoms. The molecule has 2 saturated heterocycles. The molecule has 11 atom stereocenters. The van der Waals surface area contributed by atoms with E-state index in [1.54, 1.807) is 12.2 Å². The van der Waals surface area contributed by atoms with Crippen LogP contribution in [0, 0.1) is 11.8 Å². The number of carbonyl (C=O) groups excluding carboxylic acids is 1. The lowest BCUT2D eigenvalue weighted by atomic mass is 9.85. The number of benzene rings is 1. The summed E-state index contributed by atoms with van der Waals surface area (Å²) < 4.78 is 28.1. The molecule has 1 aromatic rings. The molecule has 5 N–H and O–H groups in total. The molecule has 1 aliphatic carbocycles. The summed E-state index contributed by atoms with van der Waals surface area (Å²) in [6.45, 7) is -0.776. The van der Waals surface area contributed by atoms with Gasteiger partial charge in [-0.1, -0.05) is 30.3 Å². The van der Waals surface area contributed by atoms with Crippen molar-refractivity contribution in [3.8, 4) is 0 Å². The van der Waals surface area contributed by atoms with Gasteiger partial charge in [0.15, 0.2) is 6.29 Å². The van der Waals surface area contributed by atoms with Crippen LogP contribution in [0.2, 0.25) is 0 Å². The van der Waals surface area contributed by atoms with Crippen LogP contribution in [0.4, 0.5) is 0 Å². The average Bonchev–Trinajstić information content (AvgIpc) is 3.56. The maximum absolute atomic E-state index is 12.3. The van der Waals surface area contributed by atoms with E-state index in [1.165, 1.54) is 12.3 Å². The maximum Gasteiger partial charge on any atom is 0.330 e. The van der Waals surface area contributed by atoms with E-state index in [9.17, 15) is 30.3 Å². The highest BCUT2D eigenvalue weighted by Crippen LogP contribution is 2.60. The monoisotopic (exact) mass is 492 g/mol. The number of hydrogen-bond donors (Lipinski definition) is 5. The van der Waals surface area contributed by atoms with E-state index in [1.807, 2.05) is 30.3 Å². The third-order valence-electron chi connectivity index (χ3n) is 7.03. The summed E-state index contributed by atoms with van der Waals surface area (Å²) in [6.07, 6.45) is -4.06. The Morgan fingerprint density at radius 3 is 2.54 bits per heavy atom. The molecular weight excluding hydrogens is 464 g/mol. The van der Waals surface area contributed by atoms with E-state index < -0.39 is 79.2 Å². The number of hydrogen-bond acceptors (Lipinski definition) is 11. The van der Waals surface area contributed by atoms with Crippen LogP contribution >= 0.6 is 0 Å². The summed E-state index contributed by atoms with van der Waals surface area (Å²) in [7, 11) is 0. The Bertz CT molecular complexity index is 965. The van der Waals surface area contributed by atoms with Crippen molar-refractivity contribution >= 4 is 12.0 Å². The molecule has 11 nitrogen and oxygen atoms in total. The summed E-state index contributed by atoms with van der Waals surface area (Å²) in [4.78, 5) is 12.3. The average molecular weight is 492 g/mol. The van der Waals surface area contributed by atoms with E-state index in [0.717, 1.165) is 5.56 Å². The summed E-state index contributed by atoms with van der Waals surface area (Å²) in [5.41, 5.74) is -0.248. The number of carbonyl (C=O) groups is 1. The van der Waals surface area contributed by atoms with E-state index in [0.29, 0.717) is 0 Å². The van der Waals surface area contributed by atoms with E-state index >= 15 is 0 Å². The molecule has 11 heteroatoms. The number of epoxide rings is 1. The molecule has 1 saturated carbocycles. The number of rotatable bonds is 7. The highest BCUT2D eigenvalue weighted by Gasteiger charge is 2.76. The molecule has 35 heavy (non-hydrogen) atoms. The third-order valence-corrected chi connectivity index (χ3v) is 7.03. The molecule has 5 rings (SSSR count). The molecular formula is C24H28O11. The smallest absolute Gasteiger partial charge is 0.330 e. The first-order chi connectivity index (χ1) is 16.9. The molecule has 0 bridgehead atoms. The number of aliphatic hydroxyl groups excluding tert-OH is 5. The SMILES string of the molecule is O=C(/C=C\c1ccccc1)OC[C@]12O[C@H]1[C@@H](O)[C@@H]1C=CO[C@@H](O[C@@H]3O[C@H](CO)[C@@H](O)[C@H](O)[C@H]3O)[C@@H]12. The molecule has 0 unspecified atom stereocenters. The Labute approximate surface area is 200 Å². The Hall–Kier alpha value is -2.35. The minimum atomic E-state index is -1.63. The number of esters is 1. The number of aliphatic hydroxyl groups is 5. The summed E-state index contributed by atoms with van der Waals surface area (Å²) in [5, 5.41) is 50.5. The molecule has 0 aromatic heterocycles. The lowest BCUT2D eigenvalue weighted by Crippen LogP contribution is -2.60. The first kappa shape index (κ1) is 24.3. The second kappa shape index (κ2) is 9.60. The van der Waals surface area contributed by atoms with Crippen LogP contribution in [0.3, 0.4) is 0 Å². The standard InChI is InChI=1S/C24H28O11/c25-10-14-18(28)19(29)20(30)23(33-14)34-22-16-13(8-9-31-22)17(27)21-24(16,35-21)11-32-15(26)7-6-12-4-2-1-3-5-12/h1-9,13-14,16-23,25,27-30H,10-11H2/b7-6-/t13-,14-,16-,17+,18-,19+,20-,21+,22+,23+,24-/m1/s1. The molecule has 3 aliphatic heterocycles. The van der Waals surface area contributed by atoms with Crippen molar-refractivity contribution in [2.45, 2.75) is 54.8 Å². The van der Waals surface area contributed by atoms with E-state index in [2.05, 4.69) is 0 Å². The topological polar surface area (TPSA) is 168 Å². The van der Waals surface area contributed by atoms with Crippen molar-refractivity contribution in [3.63, 3.8) is 0 Å². The summed E-state index contributed by atoms with van der Waals surface area (Å²) in [6, 6.07) is 9.24. The predicted octanol–water partition coefficient (Wildman–Crippen LogP) is -1.33. The van der Waals surface area contributed by atoms with Gasteiger partial charge in [0.25, 0.3) is 0 Å². The fourth-order valence-electron chi connectivity index (χ4n) is 5.11. The van der Waals surface area contributed by atoms with Gasteiger partial charge in [-0.25, -0.2) is 4.79 Å². The zero-order valence-electron chi connectivity index (χ0n) is 18.6. The maximum atomic E-state index is 12.3. The Balaban J connectivity index is 1.28. The first-order valence-corrected chi connectivity index (χ1v) is 11.4. The zero-order valence-corrected chi connectivity index (χ0v) is 18.6. The molecule has 0 amide bonds. The van der Waals surface area contributed by atoms with Crippen molar-refractivity contribution in [2.24, 2.45) is 11.8 Å². The van der Waals surface area contributed by atoms with Gasteiger partial charge >= 0.3 is 5.97 Å². The number of ether oxygens (including phenoxy) is 5. The first-order valence-electron chi connectivity index (χ1n) is 11.4. The number of fused-ring (bicyclic) bond motifs is 3. The van der Waals surface area contributed by atoms with Crippen LogP contribution < -0.4 is 0 Å². The van der Waals surface area contributed by atoms with Gasteiger partial charge < -0.3 is 49.2 Å². The molecule has 1 aromatic carbocycles. The van der Waals surface area contributed by atoms with Gasteiger partial charge in [0.2, 0.25) is 6.29 Å². The second-order valence-corrected chi connectivity index (χ2v) is 9.11. The van der Waals surface area contributed by atoms with Gasteiger partial charge in [0, 0.05) is 12.0 Å². The minimum Gasteiger partial charge on any atom is -0.472 e. The second-order valence-electron chi connectivity index (χ2n) is 9.11. The zero-order chi connectivity index (χ0) is 24.7. The predicted molar refractivity (Wildman–Crippen MR) is 116 cm³/mol. The van der Waals surface area contributed by atoms with E-state index in [-0.39, 0.29) is 6.61 Å². The van der Waals surface area contributed by atoms with Gasteiger partial charge in [-0.3, -0.25) is 0 Å². The van der Waals surface area contributed by atoms with Crippen LogP contribution in [-0.4, -0.2) is 99.5 Å². The fraction of sp³-hybridized carbons (Fsp3) is 0.542. The lowest BCUT2D eigenvalue weighted by molar-refractivity contribution is -0.344. The molecule has 3 fully saturated rings. The Morgan fingerprint density at radius 2 is 1.80 bits per heavy atom. The van der Waals surface area contributed by atoms with Crippen LogP contribution in [0.5, 0.6) is 0 Å². The lowest BCUT2D eigenvalue weighted by Gasteiger charge is -2.43. The molecule has 0 radical (unpaired) electrons. The highest BCUT2D eigenvalue weighted by atomic mass is 16.8. The fourth-order valence-corrected chi connectivity index (χ4v) is 5.11. The third kappa shape index (κ3) is 4.39. The van der Waals surface area contributed by atoms with Gasteiger partial charge in [-0.15, -0.1) is 0 Å². The van der Waals surface area contributed by atoms with Crippen LogP contribution in [0.25, 0.3) is 6.08 Å². The highest BCUT2D eigenvalue weighted by molar-refractivity contribution is 5.87. The van der Waals surface area contributed by atoms with Gasteiger partial charge in [-0.2, -0.15) is 0 Å². The van der Waals surface area contributed by atoms with Crippen molar-refractivity contribution in [3.05, 3.63) is 54.3 Å². The summed E-state index contributed by atoms with van der Waals surface area (Å²) >= 11 is 0. The molecule has 4 aliphatic rings. The van der Waals surface area contributed by atoms with Gasteiger partial charge in [0.1, 0.15) is 42.7 Å². The van der Waals surface area contributed by atoms with Crippen molar-refractivity contribution < 1.29 is 54.0 Å².